The lowest BCUT2D eigenvalue weighted by atomic mass is 9.87. The van der Waals surface area contributed by atoms with E-state index in [-0.39, 0.29) is 0 Å². The number of nitriles is 1. The molecular formula is C31H29F9N4O7. The van der Waals surface area contributed by atoms with E-state index < -0.39 is 36.4 Å². The number of benzene rings is 2. The monoisotopic (exact) mass is 740 g/mol. The second-order valence-corrected chi connectivity index (χ2v) is 9.99. The first-order valence-electron chi connectivity index (χ1n) is 14.0. The molecule has 2 heterocycles. The molecule has 5 N–H and O–H groups in total. The fourth-order valence-corrected chi connectivity index (χ4v) is 4.10. The second-order valence-electron chi connectivity index (χ2n) is 9.99. The van der Waals surface area contributed by atoms with Gasteiger partial charge in [0.05, 0.1) is 18.7 Å². The predicted molar refractivity (Wildman–Crippen MR) is 159 cm³/mol. The van der Waals surface area contributed by atoms with Crippen molar-refractivity contribution in [2.75, 3.05) is 20.2 Å². The quantitative estimate of drug-likeness (QED) is 0.194. The average molecular weight is 741 g/mol. The minimum Gasteiger partial charge on any atom is -0.481 e. The van der Waals surface area contributed by atoms with Crippen LogP contribution in [0.1, 0.15) is 29.0 Å². The van der Waals surface area contributed by atoms with Crippen LogP contribution in [0.15, 0.2) is 66.9 Å². The molecule has 1 saturated heterocycles. The van der Waals surface area contributed by atoms with Crippen LogP contribution in [0.25, 0.3) is 11.1 Å². The van der Waals surface area contributed by atoms with Crippen LogP contribution in [0.3, 0.4) is 0 Å². The van der Waals surface area contributed by atoms with Crippen LogP contribution in [0.5, 0.6) is 5.88 Å². The van der Waals surface area contributed by atoms with Crippen LogP contribution in [0, 0.1) is 11.3 Å². The molecule has 3 aromatic rings. The average Bonchev–Trinajstić information content (AvgIpc) is 3.07. The molecule has 20 heteroatoms. The summed E-state index contributed by atoms with van der Waals surface area (Å²) in [7, 11) is 1.66. The summed E-state index contributed by atoms with van der Waals surface area (Å²) in [5.41, 5.74) is 5.10. The van der Waals surface area contributed by atoms with Crippen molar-refractivity contribution in [2.24, 2.45) is 0 Å². The molecule has 1 aromatic heterocycles. The van der Waals surface area contributed by atoms with Crippen LogP contribution >= 0.6 is 0 Å². The highest BCUT2D eigenvalue weighted by Crippen LogP contribution is 2.27. The molecule has 0 aliphatic carbocycles. The number of aliphatic carboxylic acids is 3. The molecule has 11 nitrogen and oxygen atoms in total. The van der Waals surface area contributed by atoms with E-state index in [0.717, 1.165) is 36.2 Å². The van der Waals surface area contributed by atoms with Crippen molar-refractivity contribution in [2.45, 2.75) is 43.5 Å². The summed E-state index contributed by atoms with van der Waals surface area (Å²) in [6.07, 6.45) is -12.4. The zero-order valence-corrected chi connectivity index (χ0v) is 26.1. The molecule has 0 radical (unpaired) electrons. The van der Waals surface area contributed by atoms with Crippen LogP contribution in [0.2, 0.25) is 0 Å². The molecule has 0 amide bonds. The lowest BCUT2D eigenvalue weighted by molar-refractivity contribution is -0.193. The van der Waals surface area contributed by atoms with Crippen molar-refractivity contribution in [1.82, 2.24) is 15.6 Å². The van der Waals surface area contributed by atoms with Gasteiger partial charge in [-0.25, -0.2) is 19.4 Å². The highest BCUT2D eigenvalue weighted by Gasteiger charge is 2.39. The number of alkyl halides is 9. The molecule has 1 aliphatic heterocycles. The van der Waals surface area contributed by atoms with E-state index in [1.807, 2.05) is 30.5 Å². The van der Waals surface area contributed by atoms with Crippen molar-refractivity contribution in [3.8, 4) is 23.1 Å². The number of hydrogen-bond acceptors (Lipinski definition) is 8. The molecule has 278 valence electrons. The van der Waals surface area contributed by atoms with Gasteiger partial charge in [0.1, 0.15) is 0 Å². The molecule has 2 atom stereocenters. The Kier molecular flexibility index (Phi) is 16.8. The smallest absolute Gasteiger partial charge is 0.481 e. The summed E-state index contributed by atoms with van der Waals surface area (Å²) >= 11 is 0. The first kappa shape index (κ1) is 43.6. The molecule has 4 rings (SSSR count). The molecule has 2 aromatic carbocycles. The second kappa shape index (κ2) is 19.7. The third-order valence-corrected chi connectivity index (χ3v) is 6.46. The molecule has 0 spiro atoms. The fourth-order valence-electron chi connectivity index (χ4n) is 4.10. The van der Waals surface area contributed by atoms with E-state index >= 15 is 0 Å². The van der Waals surface area contributed by atoms with Gasteiger partial charge in [-0.05, 0) is 42.3 Å². The minimum absolute atomic E-state index is 0.386. The minimum atomic E-state index is -5.08. The number of carboxylic acid groups (broad SMARTS) is 3. The van der Waals surface area contributed by atoms with Gasteiger partial charge < -0.3 is 30.7 Å². The van der Waals surface area contributed by atoms with Crippen LogP contribution in [-0.4, -0.2) is 83.0 Å². The number of pyridine rings is 1. The van der Waals surface area contributed by atoms with Crippen molar-refractivity contribution in [1.29, 1.82) is 5.26 Å². The van der Waals surface area contributed by atoms with E-state index in [9.17, 15) is 39.5 Å². The lowest BCUT2D eigenvalue weighted by Crippen LogP contribution is -2.45. The first-order valence-corrected chi connectivity index (χ1v) is 14.0. The van der Waals surface area contributed by atoms with Crippen molar-refractivity contribution < 1.29 is 74.0 Å². The van der Waals surface area contributed by atoms with Gasteiger partial charge >= 0.3 is 36.4 Å². The number of ether oxygens (including phenoxy) is 1. The summed E-state index contributed by atoms with van der Waals surface area (Å²) in [4.78, 5) is 31.2. The van der Waals surface area contributed by atoms with Gasteiger partial charge in [-0.3, -0.25) is 0 Å². The maximum atomic E-state index is 10.6. The molecule has 0 saturated carbocycles. The highest BCUT2D eigenvalue weighted by atomic mass is 19.4. The van der Waals surface area contributed by atoms with Crippen LogP contribution in [-0.2, 0) is 20.9 Å². The number of carboxylic acids is 3. The molecular weight excluding hydrogens is 711 g/mol. The SMILES string of the molecule is COc1ncc(-c2ccc(C#N)cc2)cc1CN[C@H]1CCNC[C@H]1c1ccccc1.O=C(O)C(F)(F)F.O=C(O)C(F)(F)F.O=C(O)C(F)(F)F. The standard InChI is InChI=1S/C25H26N4O.3C2HF3O2/c1-30-25-22(13-21(15-29-25)19-9-7-18(14-26)8-10-19)16-28-24-11-12-27-17-23(24)20-5-3-2-4-6-20;3*3-2(4,5)1(6)7/h2-10,13,15,23-24,27-28H,11-12,16-17H2,1H3;3*(H,6,7)/t23-,24-;;;/m0.../s1. The molecule has 1 fully saturated rings. The number of carbonyl (C=O) groups is 3. The Morgan fingerprint density at radius 2 is 1.35 bits per heavy atom. The molecule has 0 unspecified atom stereocenters. The topological polar surface area (TPSA) is 182 Å². The van der Waals surface area contributed by atoms with E-state index in [1.165, 1.54) is 5.56 Å². The normalized spacial score (nSPS) is 15.5. The summed E-state index contributed by atoms with van der Waals surface area (Å²) in [6.45, 7) is 2.68. The van der Waals surface area contributed by atoms with Gasteiger partial charge in [-0.2, -0.15) is 44.8 Å². The van der Waals surface area contributed by atoms with Crippen molar-refractivity contribution in [3.63, 3.8) is 0 Å². The van der Waals surface area contributed by atoms with Gasteiger partial charge in [0.15, 0.2) is 0 Å². The third kappa shape index (κ3) is 15.8. The summed E-state index contributed by atoms with van der Waals surface area (Å²) < 4.78 is 101. The summed E-state index contributed by atoms with van der Waals surface area (Å²) in [5, 5.41) is 37.7. The molecule has 0 bridgehead atoms. The van der Waals surface area contributed by atoms with Gasteiger partial charge in [-0.1, -0.05) is 42.5 Å². The van der Waals surface area contributed by atoms with Crippen molar-refractivity contribution in [3.05, 3.63) is 83.6 Å². The largest absolute Gasteiger partial charge is 0.490 e. The fraction of sp³-hybridized carbons (Fsp3) is 0.323. The number of nitrogens with one attached hydrogen (secondary N) is 2. The maximum absolute atomic E-state index is 10.6. The van der Waals surface area contributed by atoms with Crippen LogP contribution in [0.4, 0.5) is 39.5 Å². The number of rotatable bonds is 6. The number of halogens is 9. The van der Waals surface area contributed by atoms with Gasteiger partial charge in [0, 0.05) is 42.4 Å². The number of hydrogen-bond donors (Lipinski definition) is 5. The van der Waals surface area contributed by atoms with E-state index in [2.05, 4.69) is 58.1 Å². The number of aromatic nitrogens is 1. The Labute approximate surface area is 283 Å². The Bertz CT molecular complexity index is 1550. The van der Waals surface area contributed by atoms with Gasteiger partial charge in [-0.15, -0.1) is 0 Å². The van der Waals surface area contributed by atoms with Crippen molar-refractivity contribution >= 4 is 17.9 Å². The molecule has 1 aliphatic rings. The van der Waals surface area contributed by atoms with Gasteiger partial charge in [0.25, 0.3) is 0 Å². The highest BCUT2D eigenvalue weighted by molar-refractivity contribution is 5.73. The zero-order valence-electron chi connectivity index (χ0n) is 26.1. The number of piperidine rings is 1. The number of methoxy groups -OCH3 is 1. The zero-order chi connectivity index (χ0) is 39.0. The number of nitrogens with zero attached hydrogens (tertiary/aromatic N) is 2. The maximum Gasteiger partial charge on any atom is 0.490 e. The van der Waals surface area contributed by atoms with Crippen LogP contribution < -0.4 is 15.4 Å². The summed E-state index contributed by atoms with van der Waals surface area (Å²) in [6, 6.07) is 22.9. The Morgan fingerprint density at radius 3 is 1.78 bits per heavy atom. The predicted octanol–water partition coefficient (Wildman–Crippen LogP) is 5.76. The van der Waals surface area contributed by atoms with E-state index in [1.54, 1.807) is 7.11 Å². The Morgan fingerprint density at radius 1 is 0.863 bits per heavy atom. The first-order chi connectivity index (χ1) is 23.6. The van der Waals surface area contributed by atoms with E-state index in [4.69, 9.17) is 39.7 Å². The molecule has 51 heavy (non-hydrogen) atoms. The summed E-state index contributed by atoms with van der Waals surface area (Å²) in [5.74, 6) is -7.20. The Balaban J connectivity index is 0.000000505. The third-order valence-electron chi connectivity index (χ3n) is 6.46. The Hall–Kier alpha value is -5.42. The lowest BCUT2D eigenvalue weighted by Gasteiger charge is -2.33. The van der Waals surface area contributed by atoms with Gasteiger partial charge in [0.2, 0.25) is 5.88 Å². The van der Waals surface area contributed by atoms with E-state index in [0.29, 0.717) is 29.9 Å².